The molecular formula is C19H30O2. The highest BCUT2D eigenvalue weighted by atomic mass is 16.4. The van der Waals surface area contributed by atoms with E-state index in [1.165, 1.54) is 16.7 Å². The average molecular weight is 290 g/mol. The van der Waals surface area contributed by atoms with Crippen molar-refractivity contribution in [3.05, 3.63) is 47.1 Å². The van der Waals surface area contributed by atoms with Crippen LogP contribution in [0.5, 0.6) is 0 Å². The number of carboxylic acid groups (broad SMARTS) is 1. The van der Waals surface area contributed by atoms with Crippen LogP contribution in [0.2, 0.25) is 0 Å². The molecule has 0 radical (unpaired) electrons. The summed E-state index contributed by atoms with van der Waals surface area (Å²) in [5.74, 6) is -0.893. The van der Waals surface area contributed by atoms with E-state index >= 15 is 0 Å². The van der Waals surface area contributed by atoms with Crippen LogP contribution in [-0.2, 0) is 4.79 Å². The van der Waals surface area contributed by atoms with E-state index in [2.05, 4.69) is 52.5 Å². The lowest BCUT2D eigenvalue weighted by molar-refractivity contribution is -0.132. The maximum absolute atomic E-state index is 10.6. The van der Waals surface area contributed by atoms with Gasteiger partial charge in [-0.05, 0) is 66.2 Å². The number of carboxylic acids is 1. The molecule has 0 aliphatic heterocycles. The zero-order chi connectivity index (χ0) is 16.3. The van der Waals surface area contributed by atoms with Crippen molar-refractivity contribution in [2.45, 2.75) is 66.2 Å². The van der Waals surface area contributed by atoms with E-state index in [0.717, 1.165) is 32.1 Å². The Labute approximate surface area is 130 Å². The first kappa shape index (κ1) is 19.4. The highest BCUT2D eigenvalue weighted by Crippen LogP contribution is 2.13. The molecule has 0 bridgehead atoms. The zero-order valence-corrected chi connectivity index (χ0v) is 14.0. The van der Waals surface area contributed by atoms with Gasteiger partial charge >= 0.3 is 5.97 Å². The molecule has 0 aromatic rings. The maximum atomic E-state index is 10.6. The Balaban J connectivity index is 3.96. The monoisotopic (exact) mass is 290 g/mol. The van der Waals surface area contributed by atoms with Crippen LogP contribution in [0.1, 0.15) is 66.2 Å². The molecular weight excluding hydrogens is 260 g/mol. The highest BCUT2D eigenvalue weighted by Gasteiger charge is 2.01. The SMILES string of the molecule is C=C(CC/C=C(\C)CC/C=C(\C)CCC=C(C)C)C(=O)O. The lowest BCUT2D eigenvalue weighted by Gasteiger charge is -2.02. The Morgan fingerprint density at radius 1 is 0.857 bits per heavy atom. The van der Waals surface area contributed by atoms with Gasteiger partial charge < -0.3 is 5.11 Å². The van der Waals surface area contributed by atoms with Crippen LogP contribution in [0, 0.1) is 0 Å². The minimum absolute atomic E-state index is 0.286. The lowest BCUT2D eigenvalue weighted by Crippen LogP contribution is -1.97. The molecule has 0 atom stereocenters. The molecule has 0 saturated heterocycles. The summed E-state index contributed by atoms with van der Waals surface area (Å²) < 4.78 is 0. The van der Waals surface area contributed by atoms with Gasteiger partial charge in [0.05, 0.1) is 0 Å². The number of hydrogen-bond donors (Lipinski definition) is 1. The van der Waals surface area contributed by atoms with E-state index in [-0.39, 0.29) is 5.57 Å². The molecule has 0 heterocycles. The predicted molar refractivity (Wildman–Crippen MR) is 91.4 cm³/mol. The summed E-state index contributed by atoms with van der Waals surface area (Å²) in [5.41, 5.74) is 4.43. The van der Waals surface area contributed by atoms with Crippen molar-refractivity contribution in [2.75, 3.05) is 0 Å². The van der Waals surface area contributed by atoms with Gasteiger partial charge in [0, 0.05) is 5.57 Å². The summed E-state index contributed by atoms with van der Waals surface area (Å²) in [6.45, 7) is 12.1. The van der Waals surface area contributed by atoms with Gasteiger partial charge in [-0.2, -0.15) is 0 Å². The molecule has 0 fully saturated rings. The van der Waals surface area contributed by atoms with Crippen molar-refractivity contribution < 1.29 is 9.90 Å². The maximum Gasteiger partial charge on any atom is 0.330 e. The summed E-state index contributed by atoms with van der Waals surface area (Å²) in [4.78, 5) is 10.6. The van der Waals surface area contributed by atoms with Gasteiger partial charge in [-0.25, -0.2) is 4.79 Å². The second kappa shape index (κ2) is 11.1. The van der Waals surface area contributed by atoms with Crippen molar-refractivity contribution in [1.29, 1.82) is 0 Å². The number of allylic oxidation sites excluding steroid dienone is 6. The highest BCUT2D eigenvalue weighted by molar-refractivity contribution is 5.85. The zero-order valence-electron chi connectivity index (χ0n) is 14.0. The Hall–Kier alpha value is -1.57. The normalized spacial score (nSPS) is 12.2. The summed E-state index contributed by atoms with van der Waals surface area (Å²) in [7, 11) is 0. The van der Waals surface area contributed by atoms with Crippen molar-refractivity contribution in [2.24, 2.45) is 0 Å². The van der Waals surface area contributed by atoms with Crippen molar-refractivity contribution in [3.8, 4) is 0 Å². The summed E-state index contributed by atoms with van der Waals surface area (Å²) in [6, 6.07) is 0. The second-order valence-electron chi connectivity index (χ2n) is 5.91. The van der Waals surface area contributed by atoms with E-state index in [4.69, 9.17) is 5.11 Å². The van der Waals surface area contributed by atoms with E-state index in [1.54, 1.807) is 0 Å². The van der Waals surface area contributed by atoms with Gasteiger partial charge in [0.15, 0.2) is 0 Å². The van der Waals surface area contributed by atoms with Crippen LogP contribution in [0.15, 0.2) is 47.1 Å². The van der Waals surface area contributed by atoms with Crippen molar-refractivity contribution in [3.63, 3.8) is 0 Å². The van der Waals surface area contributed by atoms with Crippen LogP contribution in [-0.4, -0.2) is 11.1 Å². The van der Waals surface area contributed by atoms with Gasteiger partial charge in [0.1, 0.15) is 0 Å². The molecule has 0 aromatic carbocycles. The first-order valence-electron chi connectivity index (χ1n) is 7.68. The van der Waals surface area contributed by atoms with Gasteiger partial charge in [-0.3, -0.25) is 0 Å². The Morgan fingerprint density at radius 3 is 1.71 bits per heavy atom. The standard InChI is InChI=1S/C19H30O2/c1-15(2)9-6-10-16(3)11-7-12-17(4)13-8-14-18(5)19(20)21/h9,11,13H,5-8,10,12,14H2,1-4H3,(H,20,21)/b16-11+,17-13+. The molecule has 2 nitrogen and oxygen atoms in total. The van der Waals surface area contributed by atoms with Gasteiger partial charge in [0.25, 0.3) is 0 Å². The molecule has 21 heavy (non-hydrogen) atoms. The predicted octanol–water partition coefficient (Wildman–Crippen LogP) is 5.83. The minimum Gasteiger partial charge on any atom is -0.478 e. The van der Waals surface area contributed by atoms with E-state index < -0.39 is 5.97 Å². The van der Waals surface area contributed by atoms with E-state index in [9.17, 15) is 4.79 Å². The fourth-order valence-electron chi connectivity index (χ4n) is 1.94. The first-order chi connectivity index (χ1) is 9.82. The number of carbonyl (C=O) groups is 1. The number of hydrogen-bond acceptors (Lipinski definition) is 1. The third-order valence-corrected chi connectivity index (χ3v) is 3.36. The summed E-state index contributed by atoms with van der Waals surface area (Å²) in [5, 5.41) is 8.72. The van der Waals surface area contributed by atoms with Crippen LogP contribution < -0.4 is 0 Å². The molecule has 0 aromatic heterocycles. The fraction of sp³-hybridized carbons (Fsp3) is 0.526. The molecule has 0 saturated carbocycles. The Morgan fingerprint density at radius 2 is 1.29 bits per heavy atom. The van der Waals surface area contributed by atoms with Crippen molar-refractivity contribution >= 4 is 5.97 Å². The first-order valence-corrected chi connectivity index (χ1v) is 7.68. The smallest absolute Gasteiger partial charge is 0.330 e. The Kier molecular flexibility index (Phi) is 10.3. The second-order valence-corrected chi connectivity index (χ2v) is 5.91. The number of aliphatic carboxylic acids is 1. The van der Waals surface area contributed by atoms with Crippen molar-refractivity contribution in [1.82, 2.24) is 0 Å². The molecule has 0 rings (SSSR count). The Bertz CT molecular complexity index is 432. The van der Waals surface area contributed by atoms with Gasteiger partial charge in [-0.15, -0.1) is 0 Å². The van der Waals surface area contributed by atoms with Gasteiger partial charge in [0.2, 0.25) is 0 Å². The molecule has 1 N–H and O–H groups in total. The number of rotatable bonds is 10. The molecule has 2 heteroatoms. The largest absolute Gasteiger partial charge is 0.478 e. The minimum atomic E-state index is -0.893. The van der Waals surface area contributed by atoms with E-state index in [0.29, 0.717) is 6.42 Å². The molecule has 0 aliphatic rings. The third-order valence-electron chi connectivity index (χ3n) is 3.36. The molecule has 0 aliphatic carbocycles. The topological polar surface area (TPSA) is 37.3 Å². The molecule has 0 amide bonds. The third kappa shape index (κ3) is 11.9. The summed E-state index contributed by atoms with van der Waals surface area (Å²) >= 11 is 0. The molecule has 0 unspecified atom stereocenters. The molecule has 0 spiro atoms. The average Bonchev–Trinajstić information content (AvgIpc) is 2.37. The fourth-order valence-corrected chi connectivity index (χ4v) is 1.94. The van der Waals surface area contributed by atoms with Crippen LogP contribution >= 0.6 is 0 Å². The van der Waals surface area contributed by atoms with E-state index in [1.807, 2.05) is 0 Å². The van der Waals surface area contributed by atoms with Crippen LogP contribution in [0.4, 0.5) is 0 Å². The lowest BCUT2D eigenvalue weighted by atomic mass is 10.0. The van der Waals surface area contributed by atoms with Crippen LogP contribution in [0.3, 0.4) is 0 Å². The molecule has 118 valence electrons. The van der Waals surface area contributed by atoms with Crippen LogP contribution in [0.25, 0.3) is 0 Å². The summed E-state index contributed by atoms with van der Waals surface area (Å²) in [6.07, 6.45) is 12.4. The van der Waals surface area contributed by atoms with Gasteiger partial charge in [-0.1, -0.05) is 41.5 Å². The quantitative estimate of drug-likeness (QED) is 0.406.